The monoisotopic (exact) mass is 437 g/mol. The molecule has 6 nitrogen and oxygen atoms in total. The van der Waals surface area contributed by atoms with Crippen LogP contribution in [0.15, 0.2) is 72.9 Å². The first-order valence-corrected chi connectivity index (χ1v) is 11.3. The fourth-order valence-electron chi connectivity index (χ4n) is 4.57. The number of hydrogen-bond donors (Lipinski definition) is 2. The van der Waals surface area contributed by atoms with Crippen LogP contribution in [-0.4, -0.2) is 29.0 Å². The molecule has 1 fully saturated rings. The summed E-state index contributed by atoms with van der Waals surface area (Å²) in [6.07, 6.45) is 3.31. The van der Waals surface area contributed by atoms with Gasteiger partial charge in [0.2, 0.25) is 5.91 Å². The van der Waals surface area contributed by atoms with Crippen LogP contribution in [0.2, 0.25) is 0 Å². The van der Waals surface area contributed by atoms with Crippen molar-refractivity contribution in [3.8, 4) is 22.4 Å². The lowest BCUT2D eigenvalue weighted by Gasteiger charge is -2.32. The van der Waals surface area contributed by atoms with E-state index in [1.165, 1.54) is 0 Å². The van der Waals surface area contributed by atoms with Crippen molar-refractivity contribution in [2.75, 3.05) is 18.0 Å². The summed E-state index contributed by atoms with van der Waals surface area (Å²) in [7, 11) is 0. The summed E-state index contributed by atoms with van der Waals surface area (Å²) in [5, 5.41) is 1.01. The van der Waals surface area contributed by atoms with E-state index < -0.39 is 0 Å². The lowest BCUT2D eigenvalue weighted by Crippen LogP contribution is -2.39. The molecule has 1 aliphatic heterocycles. The van der Waals surface area contributed by atoms with Crippen LogP contribution >= 0.6 is 0 Å². The molecule has 0 saturated carbocycles. The van der Waals surface area contributed by atoms with Gasteiger partial charge in [-0.05, 0) is 36.1 Å². The molecule has 3 heterocycles. The Morgan fingerprint density at radius 2 is 1.70 bits per heavy atom. The Labute approximate surface area is 193 Å². The first-order chi connectivity index (χ1) is 16.1. The topological polar surface area (TPSA) is 98.1 Å². The van der Waals surface area contributed by atoms with Gasteiger partial charge in [-0.25, -0.2) is 9.97 Å². The fourth-order valence-corrected chi connectivity index (χ4v) is 4.57. The SMILES string of the molecule is NCc1ccc(-c2nc3ccnc(N4CCC(C(N)=O)CC4)c3cc2-c2ccccc2)cc1. The maximum atomic E-state index is 11.6. The van der Waals surface area contributed by atoms with Crippen molar-refractivity contribution in [1.82, 2.24) is 9.97 Å². The average Bonchev–Trinajstić information content (AvgIpc) is 2.88. The van der Waals surface area contributed by atoms with Crippen LogP contribution < -0.4 is 16.4 Å². The van der Waals surface area contributed by atoms with Crippen molar-refractivity contribution in [3.05, 3.63) is 78.5 Å². The van der Waals surface area contributed by atoms with E-state index in [2.05, 4.69) is 47.4 Å². The highest BCUT2D eigenvalue weighted by atomic mass is 16.1. The summed E-state index contributed by atoms with van der Waals surface area (Å²) in [6.45, 7) is 2.02. The molecule has 0 unspecified atom stereocenters. The minimum Gasteiger partial charge on any atom is -0.369 e. The van der Waals surface area contributed by atoms with E-state index in [1.807, 2.05) is 30.5 Å². The number of hydrogen-bond acceptors (Lipinski definition) is 5. The van der Waals surface area contributed by atoms with Crippen molar-refractivity contribution >= 4 is 22.6 Å². The Kier molecular flexibility index (Phi) is 5.75. The number of benzene rings is 2. The fraction of sp³-hybridized carbons (Fsp3) is 0.222. The number of fused-ring (bicyclic) bond motifs is 1. The van der Waals surface area contributed by atoms with E-state index in [0.717, 1.165) is 70.6 Å². The molecule has 2 aromatic carbocycles. The van der Waals surface area contributed by atoms with E-state index in [-0.39, 0.29) is 11.8 Å². The van der Waals surface area contributed by atoms with Gasteiger partial charge in [-0.2, -0.15) is 0 Å². The van der Waals surface area contributed by atoms with Crippen molar-refractivity contribution in [1.29, 1.82) is 0 Å². The molecule has 1 aliphatic rings. The van der Waals surface area contributed by atoms with Crippen LogP contribution in [0.3, 0.4) is 0 Å². The molecule has 166 valence electrons. The van der Waals surface area contributed by atoms with Gasteiger partial charge in [0, 0.05) is 48.3 Å². The minimum absolute atomic E-state index is 0.0580. The second-order valence-corrected chi connectivity index (χ2v) is 8.52. The van der Waals surface area contributed by atoms with Gasteiger partial charge in [0.15, 0.2) is 0 Å². The summed E-state index contributed by atoms with van der Waals surface area (Å²) >= 11 is 0. The maximum absolute atomic E-state index is 11.6. The third-order valence-corrected chi connectivity index (χ3v) is 6.47. The highest BCUT2D eigenvalue weighted by molar-refractivity contribution is 5.97. The average molecular weight is 438 g/mol. The maximum Gasteiger partial charge on any atom is 0.220 e. The van der Waals surface area contributed by atoms with E-state index in [9.17, 15) is 4.79 Å². The Bertz CT molecular complexity index is 1280. The molecule has 4 N–H and O–H groups in total. The molecule has 1 amide bonds. The smallest absolute Gasteiger partial charge is 0.220 e. The molecule has 1 saturated heterocycles. The van der Waals surface area contributed by atoms with E-state index in [0.29, 0.717) is 6.54 Å². The molecule has 0 atom stereocenters. The number of primary amides is 1. The summed E-state index contributed by atoms with van der Waals surface area (Å²) in [5.41, 5.74) is 17.5. The van der Waals surface area contributed by atoms with Crippen LogP contribution in [0.1, 0.15) is 18.4 Å². The lowest BCUT2D eigenvalue weighted by atomic mass is 9.95. The molecule has 0 bridgehead atoms. The number of nitrogens with two attached hydrogens (primary N) is 2. The quantitative estimate of drug-likeness (QED) is 0.489. The zero-order chi connectivity index (χ0) is 22.8. The van der Waals surface area contributed by atoms with E-state index in [1.54, 1.807) is 0 Å². The van der Waals surface area contributed by atoms with E-state index >= 15 is 0 Å². The number of nitrogens with zero attached hydrogens (tertiary/aromatic N) is 3. The molecule has 0 spiro atoms. The molecule has 0 radical (unpaired) electrons. The first kappa shape index (κ1) is 21.1. The number of amides is 1. The number of anilines is 1. The van der Waals surface area contributed by atoms with Gasteiger partial charge < -0.3 is 16.4 Å². The largest absolute Gasteiger partial charge is 0.369 e. The Hall–Kier alpha value is -3.77. The first-order valence-electron chi connectivity index (χ1n) is 11.3. The summed E-state index contributed by atoms with van der Waals surface area (Å²) in [4.78, 5) is 23.7. The predicted molar refractivity (Wildman–Crippen MR) is 132 cm³/mol. The van der Waals surface area contributed by atoms with Crippen LogP contribution in [0.4, 0.5) is 5.82 Å². The standard InChI is InChI=1S/C27H27N5O/c28-17-18-6-8-20(9-7-18)25-22(19-4-2-1-3-5-19)16-23-24(31-25)10-13-30-27(23)32-14-11-21(12-15-32)26(29)33/h1-10,13,16,21H,11-12,14-15,17,28H2,(H2,29,33). The third kappa shape index (κ3) is 4.17. The zero-order valence-corrected chi connectivity index (χ0v) is 18.4. The molecule has 6 heteroatoms. The molecule has 33 heavy (non-hydrogen) atoms. The van der Waals surface area contributed by atoms with Gasteiger partial charge >= 0.3 is 0 Å². The predicted octanol–water partition coefficient (Wildman–Crippen LogP) is 4.12. The molecule has 5 rings (SSSR count). The number of carbonyl (C=O) groups is 1. The van der Waals surface area contributed by atoms with Crippen molar-refractivity contribution < 1.29 is 4.79 Å². The van der Waals surface area contributed by atoms with Gasteiger partial charge in [0.1, 0.15) is 5.82 Å². The van der Waals surface area contributed by atoms with Crippen LogP contribution in [0.5, 0.6) is 0 Å². The number of pyridine rings is 2. The minimum atomic E-state index is -0.209. The van der Waals surface area contributed by atoms with Gasteiger partial charge in [-0.3, -0.25) is 4.79 Å². The van der Waals surface area contributed by atoms with Crippen LogP contribution in [0, 0.1) is 5.92 Å². The van der Waals surface area contributed by atoms with Crippen LogP contribution in [-0.2, 0) is 11.3 Å². The second-order valence-electron chi connectivity index (χ2n) is 8.52. The van der Waals surface area contributed by atoms with Gasteiger partial charge in [-0.15, -0.1) is 0 Å². The van der Waals surface area contributed by atoms with Crippen molar-refractivity contribution in [2.45, 2.75) is 19.4 Å². The highest BCUT2D eigenvalue weighted by Crippen LogP contribution is 2.36. The molecule has 4 aromatic rings. The normalized spacial score (nSPS) is 14.5. The van der Waals surface area contributed by atoms with Gasteiger partial charge in [0.25, 0.3) is 0 Å². The molecule has 0 aliphatic carbocycles. The number of aromatic nitrogens is 2. The summed E-state index contributed by atoms with van der Waals surface area (Å²) < 4.78 is 0. The number of rotatable bonds is 5. The molecular formula is C27H27N5O. The Morgan fingerprint density at radius 1 is 0.970 bits per heavy atom. The van der Waals surface area contributed by atoms with Gasteiger partial charge in [-0.1, -0.05) is 54.6 Å². The number of carbonyl (C=O) groups excluding carboxylic acids is 1. The summed E-state index contributed by atoms with van der Waals surface area (Å²) in [5.74, 6) is 0.640. The van der Waals surface area contributed by atoms with E-state index in [4.69, 9.17) is 21.4 Å². The Balaban J connectivity index is 1.63. The zero-order valence-electron chi connectivity index (χ0n) is 18.4. The molecular weight excluding hydrogens is 410 g/mol. The van der Waals surface area contributed by atoms with Gasteiger partial charge in [0.05, 0.1) is 11.2 Å². The number of piperidine rings is 1. The molecule has 2 aromatic heterocycles. The van der Waals surface area contributed by atoms with Crippen molar-refractivity contribution in [3.63, 3.8) is 0 Å². The third-order valence-electron chi connectivity index (χ3n) is 6.47. The van der Waals surface area contributed by atoms with Crippen LogP contribution in [0.25, 0.3) is 33.3 Å². The van der Waals surface area contributed by atoms with Crippen molar-refractivity contribution in [2.24, 2.45) is 17.4 Å². The summed E-state index contributed by atoms with van der Waals surface area (Å²) in [6, 6.07) is 22.7. The second kappa shape index (κ2) is 9.00. The Morgan fingerprint density at radius 3 is 2.36 bits per heavy atom. The lowest BCUT2D eigenvalue weighted by molar-refractivity contribution is -0.122. The highest BCUT2D eigenvalue weighted by Gasteiger charge is 2.25.